The number of carboxylic acids is 1. The number of carboxylic acid groups (broad SMARTS) is 1. The summed E-state index contributed by atoms with van der Waals surface area (Å²) in [6.07, 6.45) is 2.28. The number of amides is 1. The number of ether oxygens (including phenoxy) is 1. The van der Waals surface area contributed by atoms with Crippen LogP contribution in [0.5, 0.6) is 0 Å². The molecule has 0 saturated heterocycles. The Balaban J connectivity index is 1.48. The molecule has 0 spiro atoms. The lowest BCUT2D eigenvalue weighted by atomic mass is 9.98. The number of hydrogen-bond donors (Lipinski definition) is 2. The number of imidazole rings is 1. The first kappa shape index (κ1) is 19.7. The van der Waals surface area contributed by atoms with E-state index in [1.54, 1.807) is 17.1 Å². The molecule has 0 bridgehead atoms. The lowest BCUT2D eigenvalue weighted by molar-refractivity contribution is -0.137. The van der Waals surface area contributed by atoms with Crippen LogP contribution in [0.2, 0.25) is 0 Å². The van der Waals surface area contributed by atoms with Gasteiger partial charge in [0.15, 0.2) is 0 Å². The van der Waals surface area contributed by atoms with Gasteiger partial charge in [0, 0.05) is 12.5 Å². The molecule has 1 heterocycles. The van der Waals surface area contributed by atoms with Crippen LogP contribution in [0.15, 0.2) is 61.1 Å². The third-order valence-corrected chi connectivity index (χ3v) is 5.46. The number of carbonyl (C=O) groups is 2. The Labute approximate surface area is 174 Å². The van der Waals surface area contributed by atoms with Crippen molar-refractivity contribution in [1.82, 2.24) is 14.9 Å². The molecule has 2 N–H and O–H groups in total. The molecule has 4 rings (SSSR count). The molecule has 2 aromatic carbocycles. The molecule has 0 unspecified atom stereocenters. The van der Waals surface area contributed by atoms with Crippen LogP contribution in [0.1, 0.15) is 42.1 Å². The summed E-state index contributed by atoms with van der Waals surface area (Å²) in [5.74, 6) is -1.06. The first-order valence-corrected chi connectivity index (χ1v) is 9.91. The fraction of sp³-hybridized carbons (Fsp3) is 0.261. The van der Waals surface area contributed by atoms with Crippen molar-refractivity contribution in [2.45, 2.75) is 31.8 Å². The number of nitrogens with one attached hydrogen (secondary N) is 1. The predicted octanol–water partition coefficient (Wildman–Crippen LogP) is 3.96. The summed E-state index contributed by atoms with van der Waals surface area (Å²) in [7, 11) is 0. The first-order chi connectivity index (χ1) is 14.6. The first-order valence-electron chi connectivity index (χ1n) is 9.91. The summed E-state index contributed by atoms with van der Waals surface area (Å²) in [5, 5.41) is 12.0. The van der Waals surface area contributed by atoms with E-state index in [-0.39, 0.29) is 18.9 Å². The van der Waals surface area contributed by atoms with Crippen LogP contribution in [-0.2, 0) is 16.1 Å². The van der Waals surface area contributed by atoms with Crippen molar-refractivity contribution < 1.29 is 19.4 Å². The number of hydrogen-bond acceptors (Lipinski definition) is 4. The highest BCUT2D eigenvalue weighted by Crippen LogP contribution is 2.44. The van der Waals surface area contributed by atoms with Crippen molar-refractivity contribution in [3.63, 3.8) is 0 Å². The molecule has 7 nitrogen and oxygen atoms in total. The second-order valence-corrected chi connectivity index (χ2v) is 7.22. The summed E-state index contributed by atoms with van der Waals surface area (Å²) >= 11 is 0. The zero-order valence-corrected chi connectivity index (χ0v) is 16.6. The maximum Gasteiger partial charge on any atom is 0.407 e. The van der Waals surface area contributed by atoms with Gasteiger partial charge in [0.25, 0.3) is 0 Å². The van der Waals surface area contributed by atoms with Gasteiger partial charge in [-0.3, -0.25) is 4.79 Å². The Kier molecular flexibility index (Phi) is 5.52. The van der Waals surface area contributed by atoms with Gasteiger partial charge in [-0.2, -0.15) is 0 Å². The Morgan fingerprint density at radius 3 is 2.37 bits per heavy atom. The van der Waals surface area contributed by atoms with Crippen LogP contribution >= 0.6 is 0 Å². The van der Waals surface area contributed by atoms with Crippen LogP contribution in [0.4, 0.5) is 4.79 Å². The van der Waals surface area contributed by atoms with Crippen molar-refractivity contribution in [3.05, 3.63) is 77.9 Å². The van der Waals surface area contributed by atoms with Crippen LogP contribution in [0, 0.1) is 0 Å². The third kappa shape index (κ3) is 3.78. The van der Waals surface area contributed by atoms with E-state index in [2.05, 4.69) is 22.4 Å². The average molecular weight is 405 g/mol. The van der Waals surface area contributed by atoms with Crippen molar-refractivity contribution in [2.75, 3.05) is 6.61 Å². The molecule has 0 saturated carbocycles. The van der Waals surface area contributed by atoms with Gasteiger partial charge in [0.1, 0.15) is 6.61 Å². The molecule has 1 atom stereocenters. The Morgan fingerprint density at radius 2 is 1.77 bits per heavy atom. The minimum atomic E-state index is -1.01. The number of aliphatic carboxylic acids is 1. The van der Waals surface area contributed by atoms with Gasteiger partial charge in [0.05, 0.1) is 30.7 Å². The molecule has 1 amide bonds. The molecule has 0 fully saturated rings. The van der Waals surface area contributed by atoms with E-state index in [4.69, 9.17) is 4.74 Å². The van der Waals surface area contributed by atoms with E-state index < -0.39 is 18.1 Å². The van der Waals surface area contributed by atoms with E-state index in [0.717, 1.165) is 22.3 Å². The number of aryl methyl sites for hydroxylation is 1. The Hall–Kier alpha value is -3.61. The topological polar surface area (TPSA) is 93.5 Å². The van der Waals surface area contributed by atoms with E-state index in [1.807, 2.05) is 43.3 Å². The fourth-order valence-corrected chi connectivity index (χ4v) is 4.07. The zero-order valence-electron chi connectivity index (χ0n) is 16.6. The number of alkyl carbamates (subject to hydrolysis) is 1. The van der Waals surface area contributed by atoms with Crippen LogP contribution in [0.3, 0.4) is 0 Å². The lowest BCUT2D eigenvalue weighted by Gasteiger charge is -2.19. The monoisotopic (exact) mass is 405 g/mol. The molecule has 154 valence electrons. The molecule has 7 heteroatoms. The normalized spacial score (nSPS) is 13.4. The smallest absolute Gasteiger partial charge is 0.407 e. The molecule has 0 aliphatic heterocycles. The standard InChI is InChI=1S/C23H23N3O4/c1-2-26-14-24-12-21(26)20(11-22(27)28)25-23(29)30-13-19-17-9-5-3-7-15(17)16-8-4-6-10-18(16)19/h3-10,12,14,19-20H,2,11,13H2,1H3,(H,25,29)(H,27,28)/t20-/m0/s1. The summed E-state index contributed by atoms with van der Waals surface area (Å²) in [5.41, 5.74) is 5.18. The van der Waals surface area contributed by atoms with E-state index >= 15 is 0 Å². The summed E-state index contributed by atoms with van der Waals surface area (Å²) < 4.78 is 7.35. The van der Waals surface area contributed by atoms with Gasteiger partial charge in [0.2, 0.25) is 0 Å². The van der Waals surface area contributed by atoms with Crippen molar-refractivity contribution in [3.8, 4) is 11.1 Å². The van der Waals surface area contributed by atoms with Crippen molar-refractivity contribution >= 4 is 12.1 Å². The van der Waals surface area contributed by atoms with E-state index in [1.165, 1.54) is 0 Å². The molecule has 0 radical (unpaired) electrons. The van der Waals surface area contributed by atoms with Gasteiger partial charge >= 0.3 is 12.1 Å². The summed E-state index contributed by atoms with van der Waals surface area (Å²) in [6, 6.07) is 15.5. The number of rotatable bonds is 7. The highest BCUT2D eigenvalue weighted by molar-refractivity contribution is 5.79. The van der Waals surface area contributed by atoms with Crippen molar-refractivity contribution in [1.29, 1.82) is 0 Å². The van der Waals surface area contributed by atoms with Gasteiger partial charge in [-0.05, 0) is 29.2 Å². The predicted molar refractivity (Wildman–Crippen MR) is 111 cm³/mol. The summed E-state index contributed by atoms with van der Waals surface area (Å²) in [6.45, 7) is 2.72. The lowest BCUT2D eigenvalue weighted by Crippen LogP contribution is -2.32. The number of benzene rings is 2. The molecule has 1 aliphatic carbocycles. The molecular weight excluding hydrogens is 382 g/mol. The third-order valence-electron chi connectivity index (χ3n) is 5.46. The molecule has 1 aromatic heterocycles. The van der Waals surface area contributed by atoms with Crippen LogP contribution in [-0.4, -0.2) is 33.3 Å². The van der Waals surface area contributed by atoms with E-state index in [9.17, 15) is 14.7 Å². The van der Waals surface area contributed by atoms with Gasteiger partial charge in [-0.25, -0.2) is 9.78 Å². The average Bonchev–Trinajstić information content (AvgIpc) is 3.34. The van der Waals surface area contributed by atoms with E-state index in [0.29, 0.717) is 12.2 Å². The molecule has 30 heavy (non-hydrogen) atoms. The highest BCUT2D eigenvalue weighted by atomic mass is 16.5. The maximum atomic E-state index is 12.6. The minimum Gasteiger partial charge on any atom is -0.481 e. The largest absolute Gasteiger partial charge is 0.481 e. The van der Waals surface area contributed by atoms with Crippen LogP contribution < -0.4 is 5.32 Å². The fourth-order valence-electron chi connectivity index (χ4n) is 4.07. The summed E-state index contributed by atoms with van der Waals surface area (Å²) in [4.78, 5) is 27.9. The second kappa shape index (κ2) is 8.41. The Bertz CT molecular complexity index is 1030. The number of fused-ring (bicyclic) bond motifs is 3. The van der Waals surface area contributed by atoms with Gasteiger partial charge in [-0.15, -0.1) is 0 Å². The molecule has 3 aromatic rings. The molecular formula is C23H23N3O4. The highest BCUT2D eigenvalue weighted by Gasteiger charge is 2.29. The number of carbonyl (C=O) groups excluding carboxylic acids is 1. The number of aromatic nitrogens is 2. The Morgan fingerprint density at radius 1 is 1.13 bits per heavy atom. The SMILES string of the molecule is CCn1cncc1[C@H](CC(=O)O)NC(=O)OCC1c2ccccc2-c2ccccc21. The van der Waals surface area contributed by atoms with Crippen LogP contribution in [0.25, 0.3) is 11.1 Å². The van der Waals surface area contributed by atoms with Gasteiger partial charge in [-0.1, -0.05) is 48.5 Å². The van der Waals surface area contributed by atoms with Gasteiger partial charge < -0.3 is 19.7 Å². The zero-order chi connectivity index (χ0) is 21.1. The number of nitrogens with zero attached hydrogens (tertiary/aromatic N) is 2. The quantitative estimate of drug-likeness (QED) is 0.621. The second-order valence-electron chi connectivity index (χ2n) is 7.22. The van der Waals surface area contributed by atoms with Crippen molar-refractivity contribution in [2.24, 2.45) is 0 Å². The molecule has 1 aliphatic rings. The minimum absolute atomic E-state index is 0.0535. The maximum absolute atomic E-state index is 12.6.